The van der Waals surface area contributed by atoms with E-state index in [9.17, 15) is 12.8 Å². The fraction of sp³-hybridized carbons (Fsp3) is 0.200. The average Bonchev–Trinajstić information content (AvgIpc) is 2.35. The molecule has 21 heavy (non-hydrogen) atoms. The molecular formula is C15H14ClFO3S. The molecule has 0 bridgehead atoms. The highest BCUT2D eigenvalue weighted by Gasteiger charge is 2.13. The SMILES string of the molecule is Cc1cc(C)cc(COc2ccc(S(=O)(=O)Cl)cc2F)c1. The van der Waals surface area contributed by atoms with E-state index < -0.39 is 14.9 Å². The maximum absolute atomic E-state index is 13.8. The first-order valence-electron chi connectivity index (χ1n) is 6.20. The smallest absolute Gasteiger partial charge is 0.261 e. The molecule has 0 aliphatic heterocycles. The lowest BCUT2D eigenvalue weighted by Gasteiger charge is -2.09. The van der Waals surface area contributed by atoms with Crippen molar-refractivity contribution in [3.05, 3.63) is 58.9 Å². The van der Waals surface area contributed by atoms with Crippen LogP contribution in [0.2, 0.25) is 0 Å². The van der Waals surface area contributed by atoms with Gasteiger partial charge in [0.05, 0.1) is 4.90 Å². The highest BCUT2D eigenvalue weighted by atomic mass is 35.7. The molecule has 0 amide bonds. The summed E-state index contributed by atoms with van der Waals surface area (Å²) >= 11 is 0. The lowest BCUT2D eigenvalue weighted by Crippen LogP contribution is -2.00. The lowest BCUT2D eigenvalue weighted by molar-refractivity contribution is 0.289. The van der Waals surface area contributed by atoms with Gasteiger partial charge in [0.1, 0.15) is 6.61 Å². The molecule has 0 aromatic heterocycles. The molecule has 0 atom stereocenters. The maximum atomic E-state index is 13.8. The van der Waals surface area contributed by atoms with Crippen molar-refractivity contribution in [3.8, 4) is 5.75 Å². The van der Waals surface area contributed by atoms with Gasteiger partial charge < -0.3 is 4.74 Å². The van der Waals surface area contributed by atoms with Crippen LogP contribution in [0.5, 0.6) is 5.75 Å². The Morgan fingerprint density at radius 1 is 1.10 bits per heavy atom. The Balaban J connectivity index is 2.17. The molecule has 0 aliphatic carbocycles. The predicted octanol–water partition coefficient (Wildman–Crippen LogP) is 3.95. The number of hydrogen-bond acceptors (Lipinski definition) is 3. The van der Waals surface area contributed by atoms with Crippen molar-refractivity contribution < 1.29 is 17.5 Å². The van der Waals surface area contributed by atoms with Gasteiger partial charge in [-0.05, 0) is 37.6 Å². The first kappa shape index (κ1) is 15.8. The summed E-state index contributed by atoms with van der Waals surface area (Å²) in [5, 5.41) is 0. The molecule has 0 saturated carbocycles. The van der Waals surface area contributed by atoms with Crippen molar-refractivity contribution in [3.63, 3.8) is 0 Å². The zero-order valence-electron chi connectivity index (χ0n) is 11.6. The molecule has 112 valence electrons. The van der Waals surface area contributed by atoms with E-state index in [-0.39, 0.29) is 17.3 Å². The van der Waals surface area contributed by atoms with E-state index in [4.69, 9.17) is 15.4 Å². The first-order valence-corrected chi connectivity index (χ1v) is 8.51. The minimum absolute atomic E-state index is 0.0155. The van der Waals surface area contributed by atoms with E-state index >= 15 is 0 Å². The van der Waals surface area contributed by atoms with Gasteiger partial charge in [0, 0.05) is 10.7 Å². The molecule has 0 radical (unpaired) electrons. The third-order valence-corrected chi connectivity index (χ3v) is 4.21. The molecule has 0 N–H and O–H groups in total. The second-order valence-electron chi connectivity index (χ2n) is 4.81. The van der Waals surface area contributed by atoms with Crippen LogP contribution >= 0.6 is 10.7 Å². The maximum Gasteiger partial charge on any atom is 0.261 e. The van der Waals surface area contributed by atoms with E-state index in [0.717, 1.165) is 22.8 Å². The van der Waals surface area contributed by atoms with E-state index in [2.05, 4.69) is 0 Å². The van der Waals surface area contributed by atoms with Gasteiger partial charge in [-0.25, -0.2) is 12.8 Å². The fourth-order valence-electron chi connectivity index (χ4n) is 2.06. The van der Waals surface area contributed by atoms with E-state index in [1.54, 1.807) is 0 Å². The Bertz CT molecular complexity index is 752. The molecular weight excluding hydrogens is 315 g/mol. The van der Waals surface area contributed by atoms with E-state index in [1.165, 1.54) is 12.1 Å². The third kappa shape index (κ3) is 4.19. The quantitative estimate of drug-likeness (QED) is 0.798. The number of aryl methyl sites for hydroxylation is 2. The first-order chi connectivity index (χ1) is 9.75. The monoisotopic (exact) mass is 328 g/mol. The van der Waals surface area contributed by atoms with Gasteiger partial charge in [0.2, 0.25) is 0 Å². The van der Waals surface area contributed by atoms with Gasteiger partial charge >= 0.3 is 0 Å². The number of halogens is 2. The summed E-state index contributed by atoms with van der Waals surface area (Å²) < 4.78 is 41.4. The van der Waals surface area contributed by atoms with Gasteiger partial charge in [0.25, 0.3) is 9.05 Å². The van der Waals surface area contributed by atoms with Gasteiger partial charge in [-0.1, -0.05) is 29.3 Å². The van der Waals surface area contributed by atoms with Crippen LogP contribution in [0.25, 0.3) is 0 Å². The number of benzene rings is 2. The van der Waals surface area contributed by atoms with Crippen LogP contribution in [0.15, 0.2) is 41.3 Å². The summed E-state index contributed by atoms with van der Waals surface area (Å²) in [6.45, 7) is 4.14. The van der Waals surface area contributed by atoms with Gasteiger partial charge in [-0.3, -0.25) is 0 Å². The summed E-state index contributed by atoms with van der Waals surface area (Å²) in [6.07, 6.45) is 0. The minimum atomic E-state index is -3.94. The topological polar surface area (TPSA) is 43.4 Å². The lowest BCUT2D eigenvalue weighted by atomic mass is 10.1. The van der Waals surface area contributed by atoms with Gasteiger partial charge in [-0.15, -0.1) is 0 Å². The molecule has 0 fully saturated rings. The molecule has 0 aliphatic rings. The third-order valence-electron chi connectivity index (χ3n) is 2.86. The molecule has 0 unspecified atom stereocenters. The van der Waals surface area contributed by atoms with Crippen molar-refractivity contribution in [2.75, 3.05) is 0 Å². The number of hydrogen-bond donors (Lipinski definition) is 0. The number of rotatable bonds is 4. The molecule has 0 heterocycles. The summed E-state index contributed by atoms with van der Waals surface area (Å²) in [7, 11) is 1.21. The Morgan fingerprint density at radius 3 is 2.24 bits per heavy atom. The summed E-state index contributed by atoms with van der Waals surface area (Å²) in [4.78, 5) is -0.291. The molecule has 2 aromatic rings. The van der Waals surface area contributed by atoms with Crippen molar-refractivity contribution >= 4 is 19.7 Å². The zero-order chi connectivity index (χ0) is 15.6. The van der Waals surface area contributed by atoms with Crippen LogP contribution in [0.4, 0.5) is 4.39 Å². The molecule has 3 nitrogen and oxygen atoms in total. The van der Waals surface area contributed by atoms with Crippen LogP contribution in [-0.4, -0.2) is 8.42 Å². The second-order valence-corrected chi connectivity index (χ2v) is 7.38. The minimum Gasteiger partial charge on any atom is -0.486 e. The molecule has 6 heteroatoms. The Labute approximate surface area is 127 Å². The summed E-state index contributed by atoms with van der Waals surface area (Å²) in [5.74, 6) is -0.778. The van der Waals surface area contributed by atoms with Crippen molar-refractivity contribution in [1.29, 1.82) is 0 Å². The Kier molecular flexibility index (Phi) is 4.54. The van der Waals surface area contributed by atoms with E-state index in [0.29, 0.717) is 0 Å². The number of ether oxygens (including phenoxy) is 1. The van der Waals surface area contributed by atoms with Crippen molar-refractivity contribution in [2.24, 2.45) is 0 Å². The van der Waals surface area contributed by atoms with Crippen LogP contribution in [-0.2, 0) is 15.7 Å². The standard InChI is InChI=1S/C15H14ClFO3S/c1-10-5-11(2)7-12(6-10)9-20-15-4-3-13(8-14(15)17)21(16,18)19/h3-8H,9H2,1-2H3. The fourth-order valence-corrected chi connectivity index (χ4v) is 2.83. The summed E-state index contributed by atoms with van der Waals surface area (Å²) in [6, 6.07) is 9.24. The predicted molar refractivity (Wildman–Crippen MR) is 79.7 cm³/mol. The Morgan fingerprint density at radius 2 is 1.71 bits per heavy atom. The highest BCUT2D eigenvalue weighted by molar-refractivity contribution is 8.13. The molecule has 2 aromatic carbocycles. The van der Waals surface area contributed by atoms with Gasteiger partial charge in [0.15, 0.2) is 11.6 Å². The van der Waals surface area contributed by atoms with Crippen LogP contribution in [0.3, 0.4) is 0 Å². The largest absolute Gasteiger partial charge is 0.486 e. The average molecular weight is 329 g/mol. The molecule has 0 saturated heterocycles. The van der Waals surface area contributed by atoms with Crippen molar-refractivity contribution in [2.45, 2.75) is 25.3 Å². The van der Waals surface area contributed by atoms with Gasteiger partial charge in [-0.2, -0.15) is 0 Å². The normalized spacial score (nSPS) is 11.4. The van der Waals surface area contributed by atoms with Crippen LogP contribution in [0, 0.1) is 19.7 Å². The molecule has 0 spiro atoms. The Hall–Kier alpha value is -1.59. The highest BCUT2D eigenvalue weighted by Crippen LogP contribution is 2.24. The summed E-state index contributed by atoms with van der Waals surface area (Å²) in [5.41, 5.74) is 3.11. The molecule has 2 rings (SSSR count). The van der Waals surface area contributed by atoms with Crippen LogP contribution < -0.4 is 4.74 Å². The van der Waals surface area contributed by atoms with Crippen LogP contribution in [0.1, 0.15) is 16.7 Å². The second kappa shape index (κ2) is 6.03. The zero-order valence-corrected chi connectivity index (χ0v) is 13.1. The van der Waals surface area contributed by atoms with E-state index in [1.807, 2.05) is 32.0 Å². The van der Waals surface area contributed by atoms with Crippen molar-refractivity contribution in [1.82, 2.24) is 0 Å².